The van der Waals surface area contributed by atoms with Crippen molar-refractivity contribution in [1.82, 2.24) is 14.7 Å². The molecule has 3 heterocycles. The van der Waals surface area contributed by atoms with E-state index in [1.165, 1.54) is 12.0 Å². The SMILES string of the molecule is COC(=O)C1CCN(C(=O)C(=O)Nc2c3c(nn2-c2ccc(Cl)cc2)CSC3)CC1. The minimum atomic E-state index is -0.707. The second kappa shape index (κ2) is 8.69. The van der Waals surface area contributed by atoms with Gasteiger partial charge in [-0.2, -0.15) is 16.9 Å². The summed E-state index contributed by atoms with van der Waals surface area (Å²) in [5, 5.41) is 8.00. The van der Waals surface area contributed by atoms with Gasteiger partial charge in [0.15, 0.2) is 0 Å². The van der Waals surface area contributed by atoms with Gasteiger partial charge in [-0.1, -0.05) is 11.6 Å². The summed E-state index contributed by atoms with van der Waals surface area (Å²) >= 11 is 7.69. The highest BCUT2D eigenvalue weighted by Crippen LogP contribution is 2.36. The average molecular weight is 449 g/mol. The van der Waals surface area contributed by atoms with E-state index in [-0.39, 0.29) is 11.9 Å². The maximum Gasteiger partial charge on any atom is 0.315 e. The fraction of sp³-hybridized carbons (Fsp3) is 0.400. The van der Waals surface area contributed by atoms with Crippen LogP contribution in [0.4, 0.5) is 5.82 Å². The highest BCUT2D eigenvalue weighted by atomic mass is 35.5. The van der Waals surface area contributed by atoms with Crippen molar-refractivity contribution in [2.24, 2.45) is 5.92 Å². The lowest BCUT2D eigenvalue weighted by atomic mass is 9.97. The normalized spacial score (nSPS) is 16.3. The number of fused-ring (bicyclic) bond motifs is 1. The van der Waals surface area contributed by atoms with Crippen LogP contribution in [0, 0.1) is 5.92 Å². The number of carbonyl (C=O) groups excluding carboxylic acids is 3. The minimum absolute atomic E-state index is 0.228. The van der Waals surface area contributed by atoms with Gasteiger partial charge >= 0.3 is 17.8 Å². The molecule has 2 aliphatic rings. The molecule has 10 heteroatoms. The van der Waals surface area contributed by atoms with Crippen molar-refractivity contribution < 1.29 is 19.1 Å². The summed E-state index contributed by atoms with van der Waals surface area (Å²) in [6.45, 7) is 0.687. The Balaban J connectivity index is 1.50. The molecule has 1 fully saturated rings. The minimum Gasteiger partial charge on any atom is -0.469 e. The lowest BCUT2D eigenvalue weighted by Crippen LogP contribution is -2.45. The van der Waals surface area contributed by atoms with Gasteiger partial charge in [-0.05, 0) is 37.1 Å². The summed E-state index contributed by atoms with van der Waals surface area (Å²) in [7, 11) is 1.36. The molecule has 30 heavy (non-hydrogen) atoms. The molecule has 0 saturated carbocycles. The molecule has 8 nitrogen and oxygen atoms in total. The quantitative estimate of drug-likeness (QED) is 0.573. The van der Waals surface area contributed by atoms with Crippen molar-refractivity contribution >= 4 is 47.0 Å². The van der Waals surface area contributed by atoms with E-state index in [4.69, 9.17) is 16.3 Å². The maximum atomic E-state index is 12.8. The van der Waals surface area contributed by atoms with Crippen LogP contribution < -0.4 is 5.32 Å². The van der Waals surface area contributed by atoms with E-state index >= 15 is 0 Å². The van der Waals surface area contributed by atoms with Crippen LogP contribution in [0.1, 0.15) is 24.1 Å². The standard InChI is InChI=1S/C20H21ClN4O4S/c1-29-20(28)12-6-8-24(9-7-12)19(27)18(26)22-17-15-10-30-11-16(15)23-25(17)14-4-2-13(21)3-5-14/h2-5,12H,6-11H2,1H3,(H,22,26). The zero-order valence-electron chi connectivity index (χ0n) is 16.4. The maximum absolute atomic E-state index is 12.8. The van der Waals surface area contributed by atoms with Crippen molar-refractivity contribution in [2.45, 2.75) is 24.3 Å². The monoisotopic (exact) mass is 448 g/mol. The number of anilines is 1. The number of aromatic nitrogens is 2. The van der Waals surface area contributed by atoms with Gasteiger partial charge < -0.3 is 15.0 Å². The molecule has 4 rings (SSSR count). The highest BCUT2D eigenvalue weighted by molar-refractivity contribution is 7.98. The first kappa shape index (κ1) is 20.7. The zero-order chi connectivity index (χ0) is 21.3. The Morgan fingerprint density at radius 2 is 1.87 bits per heavy atom. The van der Waals surface area contributed by atoms with Crippen LogP contribution in [0.5, 0.6) is 0 Å². The van der Waals surface area contributed by atoms with E-state index in [1.807, 2.05) is 12.1 Å². The van der Waals surface area contributed by atoms with Crippen LogP contribution in [0.25, 0.3) is 5.69 Å². The zero-order valence-corrected chi connectivity index (χ0v) is 18.0. The largest absolute Gasteiger partial charge is 0.469 e. The first-order valence-electron chi connectivity index (χ1n) is 9.60. The Hall–Kier alpha value is -2.52. The van der Waals surface area contributed by atoms with Crippen LogP contribution in [0.3, 0.4) is 0 Å². The number of likely N-dealkylation sites (tertiary alicyclic amines) is 1. The topological polar surface area (TPSA) is 93.5 Å². The molecule has 2 aromatic rings. The van der Waals surface area contributed by atoms with Crippen molar-refractivity contribution in [3.63, 3.8) is 0 Å². The number of esters is 1. The molecule has 158 valence electrons. The molecule has 0 unspecified atom stereocenters. The van der Waals surface area contributed by atoms with E-state index in [0.29, 0.717) is 36.8 Å². The number of piperidine rings is 1. The van der Waals surface area contributed by atoms with Crippen molar-refractivity contribution in [3.05, 3.63) is 40.5 Å². The van der Waals surface area contributed by atoms with Gasteiger partial charge in [-0.3, -0.25) is 14.4 Å². The Bertz CT molecular complexity index is 983. The Morgan fingerprint density at radius 1 is 1.17 bits per heavy atom. The van der Waals surface area contributed by atoms with Gasteiger partial charge in [0.05, 0.1) is 24.4 Å². The number of hydrogen-bond donors (Lipinski definition) is 1. The second-order valence-electron chi connectivity index (χ2n) is 7.20. The fourth-order valence-electron chi connectivity index (χ4n) is 3.70. The molecule has 0 atom stereocenters. The lowest BCUT2D eigenvalue weighted by molar-refractivity contribution is -0.150. The fourth-order valence-corrected chi connectivity index (χ4v) is 4.86. The van der Waals surface area contributed by atoms with Crippen molar-refractivity contribution in [2.75, 3.05) is 25.5 Å². The van der Waals surface area contributed by atoms with Crippen molar-refractivity contribution in [1.29, 1.82) is 0 Å². The number of nitrogens with one attached hydrogen (secondary N) is 1. The summed E-state index contributed by atoms with van der Waals surface area (Å²) in [5.74, 6) is 0.175. The number of thioether (sulfide) groups is 1. The molecule has 0 aliphatic carbocycles. The molecule has 1 saturated heterocycles. The van der Waals surface area contributed by atoms with E-state index in [2.05, 4.69) is 10.4 Å². The number of benzene rings is 1. The number of ether oxygens (including phenoxy) is 1. The molecule has 1 N–H and O–H groups in total. The number of rotatable bonds is 3. The van der Waals surface area contributed by atoms with Crippen LogP contribution in [-0.2, 0) is 30.6 Å². The number of nitrogens with zero attached hydrogens (tertiary/aromatic N) is 3. The third kappa shape index (κ3) is 4.04. The summed E-state index contributed by atoms with van der Waals surface area (Å²) in [4.78, 5) is 38.6. The van der Waals surface area contributed by atoms with Gasteiger partial charge in [0.2, 0.25) is 0 Å². The van der Waals surface area contributed by atoms with Gasteiger partial charge in [0.1, 0.15) is 5.82 Å². The first-order chi connectivity index (χ1) is 14.5. The van der Waals surface area contributed by atoms with E-state index in [9.17, 15) is 14.4 Å². The molecule has 2 aliphatic heterocycles. The summed E-state index contributed by atoms with van der Waals surface area (Å²) < 4.78 is 6.41. The third-order valence-corrected chi connectivity index (χ3v) is 6.59. The smallest absolute Gasteiger partial charge is 0.315 e. The van der Waals surface area contributed by atoms with Crippen LogP contribution in [-0.4, -0.2) is 52.7 Å². The van der Waals surface area contributed by atoms with Gasteiger partial charge in [0.25, 0.3) is 0 Å². The molecule has 0 spiro atoms. The number of carbonyl (C=O) groups is 3. The number of halogens is 1. The molecule has 0 radical (unpaired) electrons. The predicted octanol–water partition coefficient (Wildman–Crippen LogP) is 2.62. The highest BCUT2D eigenvalue weighted by Gasteiger charge is 2.32. The summed E-state index contributed by atoms with van der Waals surface area (Å²) in [6.07, 6.45) is 0.973. The van der Waals surface area contributed by atoms with E-state index in [1.54, 1.807) is 28.6 Å². The first-order valence-corrected chi connectivity index (χ1v) is 11.1. The van der Waals surface area contributed by atoms with E-state index in [0.717, 1.165) is 28.5 Å². The molecule has 1 aromatic carbocycles. The Morgan fingerprint density at radius 3 is 2.53 bits per heavy atom. The molecule has 1 aromatic heterocycles. The van der Waals surface area contributed by atoms with Gasteiger partial charge in [-0.25, -0.2) is 4.68 Å². The summed E-state index contributed by atoms with van der Waals surface area (Å²) in [6, 6.07) is 7.13. The predicted molar refractivity (Wildman–Crippen MR) is 114 cm³/mol. The Kier molecular flexibility index (Phi) is 6.01. The molecule has 2 amide bonds. The molecular weight excluding hydrogens is 428 g/mol. The van der Waals surface area contributed by atoms with Gasteiger partial charge in [0, 0.05) is 35.2 Å². The third-order valence-electron chi connectivity index (χ3n) is 5.37. The number of methoxy groups -OCH3 is 1. The van der Waals surface area contributed by atoms with E-state index < -0.39 is 11.8 Å². The second-order valence-corrected chi connectivity index (χ2v) is 8.62. The van der Waals surface area contributed by atoms with Crippen molar-refractivity contribution in [3.8, 4) is 5.69 Å². The van der Waals surface area contributed by atoms with Crippen LogP contribution >= 0.6 is 23.4 Å². The van der Waals surface area contributed by atoms with Crippen LogP contribution in [0.15, 0.2) is 24.3 Å². The molecular formula is C20H21ClN4O4S. The Labute approximate surface area is 182 Å². The lowest BCUT2D eigenvalue weighted by Gasteiger charge is -2.30. The van der Waals surface area contributed by atoms with Crippen LogP contribution in [0.2, 0.25) is 5.02 Å². The molecule has 0 bridgehead atoms. The average Bonchev–Trinajstić information content (AvgIpc) is 3.36. The van der Waals surface area contributed by atoms with Gasteiger partial charge in [-0.15, -0.1) is 0 Å². The number of amides is 2. The number of hydrogen-bond acceptors (Lipinski definition) is 6. The summed E-state index contributed by atoms with van der Waals surface area (Å²) in [5.41, 5.74) is 2.58.